The minimum Gasteiger partial charge on any atom is -0.380 e. The van der Waals surface area contributed by atoms with Crippen LogP contribution in [0.3, 0.4) is 0 Å². The fraction of sp³-hybridized carbons (Fsp3) is 0.148. The fourth-order valence-electron chi connectivity index (χ4n) is 3.83. The average Bonchev–Trinajstić information content (AvgIpc) is 2.79. The van der Waals surface area contributed by atoms with Gasteiger partial charge < -0.3 is 4.74 Å². The van der Waals surface area contributed by atoms with E-state index in [0.29, 0.717) is 52.5 Å². The molecule has 0 aliphatic rings. The molecule has 0 aliphatic heterocycles. The molecule has 0 aromatic heterocycles. The van der Waals surface area contributed by atoms with Crippen LogP contribution >= 0.6 is 0 Å². The van der Waals surface area contributed by atoms with Gasteiger partial charge in [-0.05, 0) is 64.7 Å². The van der Waals surface area contributed by atoms with Crippen molar-refractivity contribution in [1.82, 2.24) is 0 Å². The van der Waals surface area contributed by atoms with Crippen LogP contribution in [-0.4, -0.2) is 7.11 Å². The highest BCUT2D eigenvalue weighted by Crippen LogP contribution is 2.30. The minimum atomic E-state index is -0.570. The van der Waals surface area contributed by atoms with Gasteiger partial charge in [0.25, 0.3) is 0 Å². The molecule has 160 valence electrons. The van der Waals surface area contributed by atoms with E-state index in [4.69, 9.17) is 10.00 Å². The first-order chi connectivity index (χ1) is 15.5. The lowest BCUT2D eigenvalue weighted by atomic mass is 9.96. The number of benzene rings is 4. The molecule has 32 heavy (non-hydrogen) atoms. The normalized spacial score (nSPS) is 11.0. The molecule has 0 fully saturated rings. The van der Waals surface area contributed by atoms with Gasteiger partial charge >= 0.3 is 0 Å². The first-order valence-electron chi connectivity index (χ1n) is 10.2. The number of methoxy groups -OCH3 is 1. The first kappa shape index (κ1) is 21.6. The van der Waals surface area contributed by atoms with Gasteiger partial charge in [-0.25, -0.2) is 13.2 Å². The Kier molecular flexibility index (Phi) is 6.25. The largest absolute Gasteiger partial charge is 0.380 e. The van der Waals surface area contributed by atoms with Crippen molar-refractivity contribution >= 4 is 10.8 Å². The lowest BCUT2D eigenvalue weighted by molar-refractivity contribution is 0.184. The molecule has 2 nitrogen and oxygen atoms in total. The Morgan fingerprint density at radius 1 is 0.812 bits per heavy atom. The third-order valence-corrected chi connectivity index (χ3v) is 5.53. The van der Waals surface area contributed by atoms with Crippen LogP contribution in [0.15, 0.2) is 66.7 Å². The summed E-state index contributed by atoms with van der Waals surface area (Å²) in [7, 11) is 1.56. The molecule has 4 aromatic rings. The van der Waals surface area contributed by atoms with E-state index in [9.17, 15) is 8.78 Å². The van der Waals surface area contributed by atoms with Crippen molar-refractivity contribution in [1.29, 1.82) is 5.26 Å². The molecule has 0 radical (unpaired) electrons. The Hall–Kier alpha value is -3.62. The SMILES string of the molecule is COCc1ccc(-c2ccc3c(F)c(CCc4ccc(C#N)c(F)c4)ccc3c2)c(F)c1. The number of nitriles is 1. The zero-order valence-corrected chi connectivity index (χ0v) is 17.5. The summed E-state index contributed by atoms with van der Waals surface area (Å²) in [6, 6.07) is 19.8. The summed E-state index contributed by atoms with van der Waals surface area (Å²) >= 11 is 0. The third-order valence-electron chi connectivity index (χ3n) is 5.53. The quantitative estimate of drug-likeness (QED) is 0.339. The summed E-state index contributed by atoms with van der Waals surface area (Å²) in [5.74, 6) is -1.26. The molecule has 0 amide bonds. The van der Waals surface area contributed by atoms with Gasteiger partial charge in [-0.1, -0.05) is 42.5 Å². The Morgan fingerprint density at radius 2 is 1.59 bits per heavy atom. The predicted molar refractivity (Wildman–Crippen MR) is 119 cm³/mol. The molecule has 5 heteroatoms. The van der Waals surface area contributed by atoms with Crippen molar-refractivity contribution in [3.05, 3.63) is 106 Å². The van der Waals surface area contributed by atoms with E-state index in [2.05, 4.69) is 0 Å². The van der Waals surface area contributed by atoms with Gasteiger partial charge in [-0.15, -0.1) is 0 Å². The molecular weight excluding hydrogens is 411 g/mol. The molecule has 0 unspecified atom stereocenters. The van der Waals surface area contributed by atoms with Gasteiger partial charge in [0.05, 0.1) is 12.2 Å². The molecule has 0 atom stereocenters. The summed E-state index contributed by atoms with van der Waals surface area (Å²) in [4.78, 5) is 0. The molecule has 0 saturated heterocycles. The van der Waals surface area contributed by atoms with E-state index in [1.807, 2.05) is 12.1 Å². The average molecular weight is 431 g/mol. The Morgan fingerprint density at radius 3 is 2.31 bits per heavy atom. The molecule has 0 spiro atoms. The second-order valence-corrected chi connectivity index (χ2v) is 7.65. The Labute approximate surface area is 184 Å². The summed E-state index contributed by atoms with van der Waals surface area (Å²) in [5.41, 5.74) is 3.06. The molecule has 4 rings (SSSR count). The molecule has 0 bridgehead atoms. The monoisotopic (exact) mass is 431 g/mol. The van der Waals surface area contributed by atoms with E-state index in [0.717, 1.165) is 5.56 Å². The lowest BCUT2D eigenvalue weighted by Crippen LogP contribution is -1.97. The molecule has 0 N–H and O–H groups in total. The summed E-state index contributed by atoms with van der Waals surface area (Å²) in [6.45, 7) is 0.331. The number of nitrogens with zero attached hydrogens (tertiary/aromatic N) is 1. The van der Waals surface area contributed by atoms with Crippen molar-refractivity contribution in [3.63, 3.8) is 0 Å². The number of ether oxygens (including phenoxy) is 1. The highest BCUT2D eigenvalue weighted by atomic mass is 19.1. The maximum Gasteiger partial charge on any atom is 0.141 e. The first-order valence-corrected chi connectivity index (χ1v) is 10.2. The van der Waals surface area contributed by atoms with E-state index >= 15 is 4.39 Å². The van der Waals surface area contributed by atoms with Crippen molar-refractivity contribution in [3.8, 4) is 17.2 Å². The lowest BCUT2D eigenvalue weighted by Gasteiger charge is -2.10. The fourth-order valence-corrected chi connectivity index (χ4v) is 3.83. The van der Waals surface area contributed by atoms with Gasteiger partial charge in [-0.2, -0.15) is 5.26 Å². The topological polar surface area (TPSA) is 33.0 Å². The molecular formula is C27H20F3NO. The number of fused-ring (bicyclic) bond motifs is 1. The predicted octanol–water partition coefficient (Wildman–Crippen LogP) is 6.73. The zero-order chi connectivity index (χ0) is 22.7. The number of rotatable bonds is 6. The van der Waals surface area contributed by atoms with E-state index < -0.39 is 5.82 Å². The Balaban J connectivity index is 1.59. The number of hydrogen-bond donors (Lipinski definition) is 0. The Bertz CT molecular complexity index is 1340. The number of hydrogen-bond acceptors (Lipinski definition) is 2. The standard InChI is InChI=1S/C27H20F3NO/c1-32-16-18-4-10-23(26(29)13-18)20-9-11-24-21(14-20)8-7-19(27(24)30)5-2-17-3-6-22(15-31)25(28)12-17/h3-4,6-14H,2,5,16H2,1H3. The second kappa shape index (κ2) is 9.25. The van der Waals surface area contributed by atoms with Crippen molar-refractivity contribution in [2.45, 2.75) is 19.4 Å². The van der Waals surface area contributed by atoms with Crippen molar-refractivity contribution in [2.75, 3.05) is 7.11 Å². The highest BCUT2D eigenvalue weighted by molar-refractivity contribution is 5.88. The number of aryl methyl sites for hydroxylation is 2. The smallest absolute Gasteiger partial charge is 0.141 e. The van der Waals surface area contributed by atoms with Gasteiger partial charge in [0.2, 0.25) is 0 Å². The molecule has 0 saturated carbocycles. The van der Waals surface area contributed by atoms with Crippen LogP contribution in [0.1, 0.15) is 22.3 Å². The van der Waals surface area contributed by atoms with E-state index in [1.165, 1.54) is 18.2 Å². The summed E-state index contributed by atoms with van der Waals surface area (Å²) in [5, 5.41) is 9.96. The minimum absolute atomic E-state index is 0.00814. The van der Waals surface area contributed by atoms with Gasteiger partial charge in [-0.3, -0.25) is 0 Å². The van der Waals surface area contributed by atoms with Crippen LogP contribution in [0.5, 0.6) is 0 Å². The van der Waals surface area contributed by atoms with E-state index in [-0.39, 0.29) is 17.2 Å². The van der Waals surface area contributed by atoms with Crippen LogP contribution in [0.2, 0.25) is 0 Å². The van der Waals surface area contributed by atoms with Gasteiger partial charge in [0.15, 0.2) is 0 Å². The maximum atomic E-state index is 15.1. The molecule has 0 heterocycles. The highest BCUT2D eigenvalue weighted by Gasteiger charge is 2.12. The van der Waals surface area contributed by atoms with Crippen molar-refractivity contribution in [2.24, 2.45) is 0 Å². The maximum absolute atomic E-state index is 15.1. The van der Waals surface area contributed by atoms with Gasteiger partial charge in [0, 0.05) is 18.1 Å². The number of halogens is 3. The second-order valence-electron chi connectivity index (χ2n) is 7.65. The van der Waals surface area contributed by atoms with Crippen LogP contribution < -0.4 is 0 Å². The molecule has 0 aliphatic carbocycles. The molecule has 4 aromatic carbocycles. The zero-order valence-electron chi connectivity index (χ0n) is 17.5. The third kappa shape index (κ3) is 4.37. The van der Waals surface area contributed by atoms with Crippen molar-refractivity contribution < 1.29 is 17.9 Å². The summed E-state index contributed by atoms with van der Waals surface area (Å²) < 4.78 is 48.5. The van der Waals surface area contributed by atoms with Crippen LogP contribution in [-0.2, 0) is 24.2 Å². The van der Waals surface area contributed by atoms with Gasteiger partial charge in [0.1, 0.15) is 23.5 Å². The van der Waals surface area contributed by atoms with Crippen LogP contribution in [0.25, 0.3) is 21.9 Å². The van der Waals surface area contributed by atoms with Crippen LogP contribution in [0, 0.1) is 28.8 Å². The van der Waals surface area contributed by atoms with Crippen LogP contribution in [0.4, 0.5) is 13.2 Å². The van der Waals surface area contributed by atoms with E-state index in [1.54, 1.807) is 49.6 Å². The summed E-state index contributed by atoms with van der Waals surface area (Å²) in [6.07, 6.45) is 0.840.